The summed E-state index contributed by atoms with van der Waals surface area (Å²) in [6.07, 6.45) is -3.40. The van der Waals surface area contributed by atoms with E-state index in [4.69, 9.17) is 11.6 Å². The number of alkyl halides is 3. The quantitative estimate of drug-likeness (QED) is 0.168. The summed E-state index contributed by atoms with van der Waals surface area (Å²) in [4.78, 5) is 58.9. The Bertz CT molecular complexity index is 1990. The van der Waals surface area contributed by atoms with Gasteiger partial charge in [-0.25, -0.2) is 4.39 Å². The molecule has 2 N–H and O–H groups in total. The van der Waals surface area contributed by atoms with Crippen molar-refractivity contribution in [3.63, 3.8) is 0 Å². The Morgan fingerprint density at radius 1 is 0.902 bits per heavy atom. The largest absolute Gasteiger partial charge is 0.573 e. The first-order valence-corrected chi connectivity index (χ1v) is 16.6. The predicted molar refractivity (Wildman–Crippen MR) is 175 cm³/mol. The van der Waals surface area contributed by atoms with E-state index in [1.165, 1.54) is 29.2 Å². The van der Waals surface area contributed by atoms with Crippen LogP contribution in [0.5, 0.6) is 11.5 Å². The normalized spacial score (nSPS) is 27.6. The first-order chi connectivity index (χ1) is 23.9. The molecule has 0 aromatic heterocycles. The zero-order chi connectivity index (χ0) is 36.8. The molecular formula is C37H32ClF4N3O6. The summed E-state index contributed by atoms with van der Waals surface area (Å²) in [5.41, 5.74) is 0.740. The van der Waals surface area contributed by atoms with Crippen LogP contribution in [0.1, 0.15) is 50.7 Å². The van der Waals surface area contributed by atoms with Crippen molar-refractivity contribution in [1.29, 1.82) is 0 Å². The number of anilines is 1. The van der Waals surface area contributed by atoms with E-state index in [1.54, 1.807) is 39.0 Å². The highest BCUT2D eigenvalue weighted by Crippen LogP contribution is 2.65. The molecular weight excluding hydrogens is 694 g/mol. The molecule has 2 heterocycles. The maximum Gasteiger partial charge on any atom is 0.573 e. The number of phenols is 1. The number of phenolic OH excluding ortho intramolecular Hbond substituents is 1. The van der Waals surface area contributed by atoms with Crippen LogP contribution in [0.15, 0.2) is 78.4 Å². The summed E-state index contributed by atoms with van der Waals surface area (Å²) in [5, 5.41) is 12.5. The van der Waals surface area contributed by atoms with Crippen molar-refractivity contribution in [1.82, 2.24) is 9.91 Å². The second-order valence-corrected chi connectivity index (χ2v) is 14.8. The summed E-state index contributed by atoms with van der Waals surface area (Å²) in [7, 11) is 0. The number of carbonyl (C=O) groups is 4. The minimum absolute atomic E-state index is 0.0741. The number of nitrogens with one attached hydrogen (secondary N) is 1. The molecule has 6 unspecified atom stereocenters. The predicted octanol–water partition coefficient (Wildman–Crippen LogP) is 6.87. The van der Waals surface area contributed by atoms with Crippen LogP contribution >= 0.6 is 11.6 Å². The molecule has 4 amide bonds. The van der Waals surface area contributed by atoms with Crippen LogP contribution in [0.4, 0.5) is 23.2 Å². The Morgan fingerprint density at radius 3 is 2.20 bits per heavy atom. The number of halogens is 5. The fourth-order valence-corrected chi connectivity index (χ4v) is 8.75. The van der Waals surface area contributed by atoms with Crippen LogP contribution in [-0.4, -0.2) is 50.5 Å². The van der Waals surface area contributed by atoms with Gasteiger partial charge in [0, 0.05) is 22.0 Å². The minimum atomic E-state index is -5.10. The Morgan fingerprint density at radius 2 is 1.57 bits per heavy atom. The van der Waals surface area contributed by atoms with Crippen molar-refractivity contribution in [2.45, 2.75) is 56.8 Å². The molecule has 3 aromatic carbocycles. The summed E-state index contributed by atoms with van der Waals surface area (Å²) >= 11 is 6.26. The molecule has 4 aliphatic rings. The van der Waals surface area contributed by atoms with E-state index in [0.29, 0.717) is 10.6 Å². The second-order valence-electron chi connectivity index (χ2n) is 14.3. The molecule has 0 bridgehead atoms. The van der Waals surface area contributed by atoms with Crippen molar-refractivity contribution in [2.75, 3.05) is 5.43 Å². The second kappa shape index (κ2) is 11.8. The van der Waals surface area contributed by atoms with Gasteiger partial charge in [-0.05, 0) is 99.7 Å². The van der Waals surface area contributed by atoms with E-state index < -0.39 is 81.9 Å². The molecule has 14 heteroatoms. The maximum absolute atomic E-state index is 15.1. The highest BCUT2D eigenvalue weighted by molar-refractivity contribution is 6.30. The van der Waals surface area contributed by atoms with Gasteiger partial charge in [0.2, 0.25) is 11.8 Å². The molecule has 0 radical (unpaired) electrons. The van der Waals surface area contributed by atoms with Gasteiger partial charge in [-0.3, -0.25) is 29.5 Å². The fraction of sp³-hybridized carbons (Fsp3) is 0.351. The lowest BCUT2D eigenvalue weighted by Gasteiger charge is -2.50. The van der Waals surface area contributed by atoms with E-state index in [2.05, 4.69) is 10.2 Å². The van der Waals surface area contributed by atoms with Crippen LogP contribution in [0.25, 0.3) is 0 Å². The lowest BCUT2D eigenvalue weighted by molar-refractivity contribution is -0.274. The Hall–Kier alpha value is -4.91. The number of likely N-dealkylation sites (tertiary alicyclic amines) is 1. The van der Waals surface area contributed by atoms with Crippen LogP contribution in [0, 0.1) is 29.5 Å². The van der Waals surface area contributed by atoms with Gasteiger partial charge in [-0.1, -0.05) is 35.4 Å². The van der Waals surface area contributed by atoms with E-state index >= 15 is 4.79 Å². The molecule has 3 aromatic rings. The summed E-state index contributed by atoms with van der Waals surface area (Å²) in [6, 6.07) is 13.9. The van der Waals surface area contributed by atoms with E-state index in [9.17, 15) is 37.1 Å². The van der Waals surface area contributed by atoms with Gasteiger partial charge < -0.3 is 9.84 Å². The van der Waals surface area contributed by atoms with Crippen molar-refractivity contribution < 1.29 is 46.6 Å². The summed E-state index contributed by atoms with van der Waals surface area (Å²) in [5.74, 6) is -9.22. The lowest BCUT2D eigenvalue weighted by Crippen LogP contribution is -2.53. The van der Waals surface area contributed by atoms with E-state index in [1.807, 2.05) is 0 Å². The lowest BCUT2D eigenvalue weighted by atomic mass is 9.49. The number of nitrogens with zero attached hydrogens (tertiary/aromatic N) is 2. The number of ether oxygens (including phenoxy) is 1. The molecule has 9 nitrogen and oxygen atoms in total. The van der Waals surface area contributed by atoms with Crippen LogP contribution in [0.3, 0.4) is 0 Å². The zero-order valence-electron chi connectivity index (χ0n) is 27.5. The molecule has 7 rings (SSSR count). The molecule has 2 aliphatic carbocycles. The van der Waals surface area contributed by atoms with Gasteiger partial charge in [0.15, 0.2) is 0 Å². The van der Waals surface area contributed by atoms with Crippen molar-refractivity contribution in [3.05, 3.63) is 100 Å². The average molecular weight is 726 g/mol. The Kier molecular flexibility index (Phi) is 8.01. The van der Waals surface area contributed by atoms with Gasteiger partial charge in [0.1, 0.15) is 17.3 Å². The molecule has 0 spiro atoms. The monoisotopic (exact) mass is 725 g/mol. The third-order valence-corrected chi connectivity index (χ3v) is 10.7. The van der Waals surface area contributed by atoms with Gasteiger partial charge in [-0.15, -0.1) is 13.2 Å². The first-order valence-electron chi connectivity index (χ1n) is 16.3. The third kappa shape index (κ3) is 5.44. The Labute approximate surface area is 294 Å². The molecule has 2 aliphatic heterocycles. The minimum Gasteiger partial charge on any atom is -0.508 e. The molecule has 1 saturated carbocycles. The van der Waals surface area contributed by atoms with Crippen molar-refractivity contribution >= 4 is 40.9 Å². The number of imide groups is 2. The Balaban J connectivity index is 1.48. The topological polar surface area (TPSA) is 116 Å². The number of fused-ring (bicyclic) bond motifs is 4. The SMILES string of the molecule is CC(C)(C)N1C(=O)C2CC=C3C(CC4C(=O)N(Nc5ccc(F)cc5)C(=O)C4(c4ccc(Cl)cc4)C3c3cc(OC(F)(F)F)ccc3O)C2C1=O. The van der Waals surface area contributed by atoms with Gasteiger partial charge in [0.25, 0.3) is 11.8 Å². The standard InChI is InChI=1S/C37H32ClF4N3O6/c1-35(2,3)44-31(47)24-14-13-23-25(29(24)33(44)49)17-27-32(48)45(43-21-10-8-20(39)9-11-21)34(50)36(27,18-4-6-19(38)7-5-18)30(23)26-16-22(12-15-28(26)46)51-37(40,41)42/h4-13,15-16,24-25,27,29-30,43,46H,14,17H2,1-3H3. The van der Waals surface area contributed by atoms with Crippen LogP contribution < -0.4 is 10.2 Å². The number of hydrogen-bond donors (Lipinski definition) is 2. The molecule has 2 saturated heterocycles. The number of amides is 4. The number of benzene rings is 3. The maximum atomic E-state index is 15.1. The number of rotatable bonds is 5. The number of allylic oxidation sites excluding steroid dienone is 2. The zero-order valence-corrected chi connectivity index (χ0v) is 28.3. The van der Waals surface area contributed by atoms with Crippen molar-refractivity contribution in [2.24, 2.45) is 23.7 Å². The first kappa shape index (κ1) is 34.5. The molecule has 266 valence electrons. The number of hydrogen-bond acceptors (Lipinski definition) is 7. The summed E-state index contributed by atoms with van der Waals surface area (Å²) in [6.45, 7) is 5.18. The molecule has 3 fully saturated rings. The number of carbonyl (C=O) groups excluding carboxylic acids is 4. The van der Waals surface area contributed by atoms with Crippen molar-refractivity contribution in [3.8, 4) is 11.5 Å². The number of aromatic hydroxyl groups is 1. The number of hydrazine groups is 1. The summed E-state index contributed by atoms with van der Waals surface area (Å²) < 4.78 is 58.6. The highest BCUT2D eigenvalue weighted by atomic mass is 35.5. The molecule has 6 atom stereocenters. The van der Waals surface area contributed by atoms with Crippen LogP contribution in [0.2, 0.25) is 5.02 Å². The van der Waals surface area contributed by atoms with Gasteiger partial charge in [0.05, 0.1) is 28.9 Å². The molecule has 51 heavy (non-hydrogen) atoms. The fourth-order valence-electron chi connectivity index (χ4n) is 8.62. The highest BCUT2D eigenvalue weighted by Gasteiger charge is 2.71. The average Bonchev–Trinajstić information content (AvgIpc) is 3.44. The van der Waals surface area contributed by atoms with E-state index in [0.717, 1.165) is 35.3 Å². The van der Waals surface area contributed by atoms with Crippen LogP contribution in [-0.2, 0) is 24.6 Å². The van der Waals surface area contributed by atoms with Gasteiger partial charge in [-0.2, -0.15) is 5.01 Å². The van der Waals surface area contributed by atoms with E-state index in [-0.39, 0.29) is 35.6 Å². The third-order valence-electron chi connectivity index (χ3n) is 10.5. The smallest absolute Gasteiger partial charge is 0.508 e. The van der Waals surface area contributed by atoms with Gasteiger partial charge >= 0.3 is 6.36 Å².